The molecule has 0 N–H and O–H groups in total. The number of hydrogen-bond acceptors (Lipinski definition) is 5. The van der Waals surface area contributed by atoms with Crippen molar-refractivity contribution in [2.24, 2.45) is 0 Å². The average molecular weight is 374 g/mol. The summed E-state index contributed by atoms with van der Waals surface area (Å²) in [7, 11) is 0. The van der Waals surface area contributed by atoms with Gasteiger partial charge in [0.25, 0.3) is 0 Å². The van der Waals surface area contributed by atoms with Crippen molar-refractivity contribution in [2.75, 3.05) is 19.6 Å². The molecule has 0 atom stereocenters. The normalized spacial score (nSPS) is 18.9. The van der Waals surface area contributed by atoms with E-state index in [2.05, 4.69) is 44.0 Å². The van der Waals surface area contributed by atoms with E-state index in [-0.39, 0.29) is 0 Å². The van der Waals surface area contributed by atoms with Gasteiger partial charge in [-0.25, -0.2) is 9.97 Å². The predicted octanol–water partition coefficient (Wildman–Crippen LogP) is 3.76. The zero-order valence-electron chi connectivity index (χ0n) is 16.1. The third-order valence-corrected chi connectivity index (χ3v) is 6.09. The monoisotopic (exact) mass is 374 g/mol. The van der Waals surface area contributed by atoms with Crippen LogP contribution in [-0.4, -0.2) is 45.4 Å². The van der Waals surface area contributed by atoms with E-state index in [0.29, 0.717) is 11.9 Å². The zero-order valence-corrected chi connectivity index (χ0v) is 16.1. The highest BCUT2D eigenvalue weighted by Gasteiger charge is 2.27. The number of rotatable bonds is 4. The van der Waals surface area contributed by atoms with Crippen molar-refractivity contribution in [2.45, 2.75) is 38.4 Å². The molecule has 1 saturated heterocycles. The van der Waals surface area contributed by atoms with Crippen LogP contribution in [0.2, 0.25) is 0 Å². The largest absolute Gasteiger partial charge is 0.461 e. The summed E-state index contributed by atoms with van der Waals surface area (Å²) in [5, 5.41) is 0. The highest BCUT2D eigenvalue weighted by molar-refractivity contribution is 5.45. The summed E-state index contributed by atoms with van der Waals surface area (Å²) in [5.41, 5.74) is 4.22. The van der Waals surface area contributed by atoms with Gasteiger partial charge in [0.05, 0.1) is 6.26 Å². The molecule has 4 heterocycles. The van der Waals surface area contributed by atoms with Crippen LogP contribution in [0.1, 0.15) is 29.5 Å². The van der Waals surface area contributed by atoms with Crippen molar-refractivity contribution in [3.05, 3.63) is 71.7 Å². The van der Waals surface area contributed by atoms with E-state index in [1.807, 2.05) is 24.5 Å². The fourth-order valence-electron chi connectivity index (χ4n) is 4.50. The first-order chi connectivity index (χ1) is 13.8. The molecule has 0 radical (unpaired) electrons. The summed E-state index contributed by atoms with van der Waals surface area (Å²) in [4.78, 5) is 14.1. The van der Waals surface area contributed by atoms with Crippen LogP contribution in [0.5, 0.6) is 0 Å². The minimum absolute atomic E-state index is 0.651. The summed E-state index contributed by atoms with van der Waals surface area (Å²) in [6.45, 7) is 5.52. The molecular weight excluding hydrogens is 348 g/mol. The summed E-state index contributed by atoms with van der Waals surface area (Å²) >= 11 is 0. The van der Waals surface area contributed by atoms with Crippen LogP contribution in [0.25, 0.3) is 11.6 Å². The average Bonchev–Trinajstić information content (AvgIpc) is 3.29. The second kappa shape index (κ2) is 7.86. The second-order valence-corrected chi connectivity index (χ2v) is 7.89. The minimum Gasteiger partial charge on any atom is -0.461 e. The molecule has 3 aromatic rings. The van der Waals surface area contributed by atoms with Gasteiger partial charge in [-0.05, 0) is 55.6 Å². The molecule has 0 spiro atoms. The van der Waals surface area contributed by atoms with Crippen LogP contribution in [0.3, 0.4) is 0 Å². The van der Waals surface area contributed by atoms with Crippen LogP contribution in [0.4, 0.5) is 0 Å². The van der Waals surface area contributed by atoms with Gasteiger partial charge in [0, 0.05) is 43.6 Å². The van der Waals surface area contributed by atoms with Gasteiger partial charge in [-0.15, -0.1) is 0 Å². The predicted molar refractivity (Wildman–Crippen MR) is 109 cm³/mol. The molecule has 0 amide bonds. The van der Waals surface area contributed by atoms with Crippen molar-refractivity contribution >= 4 is 0 Å². The Hall–Kier alpha value is -2.50. The fourth-order valence-corrected chi connectivity index (χ4v) is 4.50. The van der Waals surface area contributed by atoms with Gasteiger partial charge < -0.3 is 4.42 Å². The Labute approximate surface area is 166 Å². The molecule has 0 bridgehead atoms. The molecular formula is C23H26N4O. The Balaban J connectivity index is 1.15. The van der Waals surface area contributed by atoms with Crippen LogP contribution >= 0.6 is 0 Å². The number of aromatic nitrogens is 2. The summed E-state index contributed by atoms with van der Waals surface area (Å²) in [6, 6.07) is 13.4. The van der Waals surface area contributed by atoms with Gasteiger partial charge in [-0.3, -0.25) is 9.80 Å². The molecule has 5 heteroatoms. The maximum Gasteiger partial charge on any atom is 0.195 e. The number of fused-ring (bicyclic) bond motifs is 1. The lowest BCUT2D eigenvalue weighted by molar-refractivity contribution is 0.0948. The molecule has 0 saturated carbocycles. The minimum atomic E-state index is 0.651. The summed E-state index contributed by atoms with van der Waals surface area (Å²) in [6.07, 6.45) is 9.19. The van der Waals surface area contributed by atoms with E-state index >= 15 is 0 Å². The fraction of sp³-hybridized carbons (Fsp3) is 0.391. The molecule has 1 fully saturated rings. The molecule has 5 nitrogen and oxygen atoms in total. The van der Waals surface area contributed by atoms with Crippen LogP contribution in [-0.2, 0) is 19.5 Å². The van der Waals surface area contributed by atoms with Gasteiger partial charge >= 0.3 is 0 Å². The summed E-state index contributed by atoms with van der Waals surface area (Å²) < 4.78 is 5.36. The number of piperidine rings is 1. The van der Waals surface area contributed by atoms with Gasteiger partial charge in [0.15, 0.2) is 11.6 Å². The van der Waals surface area contributed by atoms with E-state index < -0.39 is 0 Å². The smallest absolute Gasteiger partial charge is 0.195 e. The van der Waals surface area contributed by atoms with Crippen molar-refractivity contribution in [1.82, 2.24) is 19.8 Å². The number of hydrogen-bond donors (Lipinski definition) is 0. The molecule has 0 aliphatic carbocycles. The van der Waals surface area contributed by atoms with Crippen LogP contribution in [0, 0.1) is 0 Å². The highest BCUT2D eigenvalue weighted by Crippen LogP contribution is 2.25. The van der Waals surface area contributed by atoms with E-state index in [1.54, 1.807) is 6.26 Å². The van der Waals surface area contributed by atoms with E-state index in [1.165, 1.54) is 42.5 Å². The first kappa shape index (κ1) is 17.6. The van der Waals surface area contributed by atoms with Gasteiger partial charge in [0.1, 0.15) is 0 Å². The lowest BCUT2D eigenvalue weighted by Gasteiger charge is -2.40. The Morgan fingerprint density at radius 1 is 0.929 bits per heavy atom. The molecule has 2 aliphatic rings. The second-order valence-electron chi connectivity index (χ2n) is 7.89. The zero-order chi connectivity index (χ0) is 18.8. The number of furan rings is 1. The number of likely N-dealkylation sites (tertiary alicyclic amines) is 1. The maximum atomic E-state index is 5.36. The Morgan fingerprint density at radius 2 is 1.71 bits per heavy atom. The van der Waals surface area contributed by atoms with Crippen LogP contribution in [0.15, 0.2) is 59.5 Å². The molecule has 144 valence electrons. The molecule has 2 aliphatic heterocycles. The van der Waals surface area contributed by atoms with Gasteiger partial charge in [-0.2, -0.15) is 0 Å². The van der Waals surface area contributed by atoms with Crippen molar-refractivity contribution in [1.29, 1.82) is 0 Å². The Kier molecular flexibility index (Phi) is 4.93. The first-order valence-electron chi connectivity index (χ1n) is 10.2. The van der Waals surface area contributed by atoms with Crippen molar-refractivity contribution < 1.29 is 4.42 Å². The Morgan fingerprint density at radius 3 is 2.46 bits per heavy atom. The molecule has 0 unspecified atom stereocenters. The molecule has 2 aromatic heterocycles. The molecule has 28 heavy (non-hydrogen) atoms. The quantitative estimate of drug-likeness (QED) is 0.696. The number of benzene rings is 1. The molecule has 1 aromatic carbocycles. The standard InChI is InChI=1S/C23H26N4O/c1-2-5-20-17-27(12-7-19(20)4-1)21-8-10-26(11-9-21)16-18-14-24-23(25-15-18)22-6-3-13-28-22/h1-6,13-15,21H,7-12,16-17H2. The Bertz CT molecular complexity index is 899. The first-order valence-corrected chi connectivity index (χ1v) is 10.2. The number of nitrogens with zero attached hydrogens (tertiary/aromatic N) is 4. The molecule has 5 rings (SSSR count). The maximum absolute atomic E-state index is 5.36. The lowest BCUT2D eigenvalue weighted by Crippen LogP contribution is -2.46. The SMILES string of the molecule is c1coc(-c2ncc(CN3CCC(N4CCc5ccccc5C4)CC3)cn2)c1. The van der Waals surface area contributed by atoms with E-state index in [9.17, 15) is 0 Å². The van der Waals surface area contributed by atoms with Crippen molar-refractivity contribution in [3.63, 3.8) is 0 Å². The third kappa shape index (κ3) is 3.73. The van der Waals surface area contributed by atoms with Gasteiger partial charge in [-0.1, -0.05) is 24.3 Å². The van der Waals surface area contributed by atoms with E-state index in [4.69, 9.17) is 4.42 Å². The lowest BCUT2D eigenvalue weighted by atomic mass is 9.95. The van der Waals surface area contributed by atoms with Crippen molar-refractivity contribution in [3.8, 4) is 11.6 Å². The van der Waals surface area contributed by atoms with E-state index in [0.717, 1.165) is 31.9 Å². The third-order valence-electron chi connectivity index (χ3n) is 6.09. The topological polar surface area (TPSA) is 45.4 Å². The summed E-state index contributed by atoms with van der Waals surface area (Å²) in [5.74, 6) is 1.37. The highest BCUT2D eigenvalue weighted by atomic mass is 16.3. The van der Waals surface area contributed by atoms with Crippen LogP contribution < -0.4 is 0 Å². The van der Waals surface area contributed by atoms with Gasteiger partial charge in [0.2, 0.25) is 0 Å².